The molecule has 0 aliphatic heterocycles. The highest BCUT2D eigenvalue weighted by Crippen LogP contribution is 2.32. The Morgan fingerprint density at radius 2 is 2.06 bits per heavy atom. The van der Waals surface area contributed by atoms with Crippen molar-refractivity contribution in [2.24, 2.45) is 0 Å². The second-order valence-corrected chi connectivity index (χ2v) is 3.62. The van der Waals surface area contributed by atoms with Gasteiger partial charge in [-0.15, -0.1) is 0 Å². The molecule has 0 saturated heterocycles. The molecule has 2 N–H and O–H groups in total. The van der Waals surface area contributed by atoms with Gasteiger partial charge in [0.25, 0.3) is 0 Å². The average Bonchev–Trinajstić information content (AvgIpc) is 2.36. The Labute approximate surface area is 100 Å². The fraction of sp³-hybridized carbons (Fsp3) is 0.500. The number of methoxy groups -OCH3 is 1. The highest BCUT2D eigenvalue weighted by Gasteiger charge is 2.21. The van der Waals surface area contributed by atoms with E-state index >= 15 is 0 Å². The van der Waals surface area contributed by atoms with Gasteiger partial charge in [-0.1, -0.05) is 6.07 Å². The SMILES string of the molecule is CCOC(c1ccc(O)c(OC)c1)C(C)OO. The molecule has 0 aromatic heterocycles. The molecule has 1 aromatic carbocycles. The van der Waals surface area contributed by atoms with Gasteiger partial charge in [0.1, 0.15) is 12.2 Å². The number of rotatable bonds is 6. The van der Waals surface area contributed by atoms with Gasteiger partial charge in [0, 0.05) is 6.61 Å². The molecule has 17 heavy (non-hydrogen) atoms. The van der Waals surface area contributed by atoms with Crippen LogP contribution in [0.3, 0.4) is 0 Å². The van der Waals surface area contributed by atoms with E-state index in [9.17, 15) is 5.11 Å². The number of hydrogen-bond donors (Lipinski definition) is 2. The van der Waals surface area contributed by atoms with Gasteiger partial charge in [-0.2, -0.15) is 0 Å². The zero-order valence-electron chi connectivity index (χ0n) is 10.2. The molecule has 5 nitrogen and oxygen atoms in total. The van der Waals surface area contributed by atoms with Crippen molar-refractivity contribution in [3.05, 3.63) is 23.8 Å². The first-order valence-corrected chi connectivity index (χ1v) is 5.42. The minimum absolute atomic E-state index is 0.0593. The van der Waals surface area contributed by atoms with Crippen molar-refractivity contribution in [1.29, 1.82) is 0 Å². The minimum Gasteiger partial charge on any atom is -0.504 e. The lowest BCUT2D eigenvalue weighted by molar-refractivity contribution is -0.296. The van der Waals surface area contributed by atoms with E-state index in [-0.39, 0.29) is 5.75 Å². The summed E-state index contributed by atoms with van der Waals surface area (Å²) in [6.45, 7) is 4.04. The lowest BCUT2D eigenvalue weighted by Crippen LogP contribution is -2.20. The molecule has 1 aromatic rings. The molecule has 0 aliphatic rings. The Morgan fingerprint density at radius 3 is 2.59 bits per heavy atom. The van der Waals surface area contributed by atoms with Crippen LogP contribution in [0.4, 0.5) is 0 Å². The third-order valence-corrected chi connectivity index (χ3v) is 2.47. The van der Waals surface area contributed by atoms with Gasteiger partial charge in [-0.25, -0.2) is 4.89 Å². The van der Waals surface area contributed by atoms with Crippen LogP contribution in [0.2, 0.25) is 0 Å². The van der Waals surface area contributed by atoms with Crippen LogP contribution < -0.4 is 4.74 Å². The molecule has 0 spiro atoms. The summed E-state index contributed by atoms with van der Waals surface area (Å²) in [6.07, 6.45) is -0.927. The fourth-order valence-electron chi connectivity index (χ4n) is 1.61. The lowest BCUT2D eigenvalue weighted by Gasteiger charge is -2.22. The van der Waals surface area contributed by atoms with E-state index in [2.05, 4.69) is 4.89 Å². The molecule has 0 bridgehead atoms. The number of aromatic hydroxyl groups is 1. The zero-order chi connectivity index (χ0) is 12.8. The topological polar surface area (TPSA) is 68.2 Å². The van der Waals surface area contributed by atoms with Crippen LogP contribution in [-0.4, -0.2) is 30.2 Å². The number of hydrogen-bond acceptors (Lipinski definition) is 5. The zero-order valence-corrected chi connectivity index (χ0v) is 10.2. The molecule has 96 valence electrons. The first-order valence-electron chi connectivity index (χ1n) is 5.42. The van der Waals surface area contributed by atoms with Crippen LogP contribution in [0, 0.1) is 0 Å². The van der Waals surface area contributed by atoms with Gasteiger partial charge in [-0.05, 0) is 31.5 Å². The Morgan fingerprint density at radius 1 is 1.35 bits per heavy atom. The number of phenolic OH excluding ortho intramolecular Hbond substituents is 1. The molecular weight excluding hydrogens is 224 g/mol. The van der Waals surface area contributed by atoms with E-state index in [0.717, 1.165) is 5.56 Å². The normalized spacial score (nSPS) is 14.4. The quantitative estimate of drug-likeness (QED) is 0.592. The summed E-state index contributed by atoms with van der Waals surface area (Å²) < 4.78 is 10.5. The predicted octanol–water partition coefficient (Wildman–Crippen LogP) is 2.36. The standard InChI is InChI=1S/C12H18O5/c1-4-16-12(8(2)17-14)9-5-6-10(13)11(7-9)15-3/h5-8,12-14H,4H2,1-3H3. The molecule has 0 fully saturated rings. The van der Waals surface area contributed by atoms with Crippen LogP contribution in [0.25, 0.3) is 0 Å². The summed E-state index contributed by atoms with van der Waals surface area (Å²) in [5.41, 5.74) is 0.767. The third-order valence-electron chi connectivity index (χ3n) is 2.47. The summed E-state index contributed by atoms with van der Waals surface area (Å²) in [4.78, 5) is 4.29. The lowest BCUT2D eigenvalue weighted by atomic mass is 10.0. The Balaban J connectivity index is 3.01. The first kappa shape index (κ1) is 13.8. The van der Waals surface area contributed by atoms with Crippen LogP contribution in [0.15, 0.2) is 18.2 Å². The van der Waals surface area contributed by atoms with Gasteiger partial charge in [0.2, 0.25) is 0 Å². The second-order valence-electron chi connectivity index (χ2n) is 3.62. The molecule has 5 heteroatoms. The molecule has 1 rings (SSSR count). The molecule has 2 unspecified atom stereocenters. The van der Waals surface area contributed by atoms with E-state index < -0.39 is 12.2 Å². The summed E-state index contributed by atoms with van der Waals surface area (Å²) in [6, 6.07) is 4.88. The molecular formula is C12H18O5. The summed E-state index contributed by atoms with van der Waals surface area (Å²) in [5, 5.41) is 18.2. The van der Waals surface area contributed by atoms with Gasteiger partial charge < -0.3 is 14.6 Å². The van der Waals surface area contributed by atoms with Crippen molar-refractivity contribution < 1.29 is 24.7 Å². The van der Waals surface area contributed by atoms with E-state index in [1.54, 1.807) is 19.1 Å². The van der Waals surface area contributed by atoms with Crippen LogP contribution in [0.5, 0.6) is 11.5 Å². The number of phenols is 1. The monoisotopic (exact) mass is 242 g/mol. The molecule has 0 radical (unpaired) electrons. The largest absolute Gasteiger partial charge is 0.504 e. The molecule has 0 aliphatic carbocycles. The summed E-state index contributed by atoms with van der Waals surface area (Å²) in [7, 11) is 1.47. The number of ether oxygens (including phenoxy) is 2. The maximum atomic E-state index is 9.50. The first-order chi connectivity index (χ1) is 8.13. The maximum Gasteiger partial charge on any atom is 0.160 e. The maximum absolute atomic E-state index is 9.50. The van der Waals surface area contributed by atoms with E-state index in [1.165, 1.54) is 13.2 Å². The van der Waals surface area contributed by atoms with Gasteiger partial charge in [-0.3, -0.25) is 5.26 Å². The van der Waals surface area contributed by atoms with E-state index in [0.29, 0.717) is 12.4 Å². The number of benzene rings is 1. The van der Waals surface area contributed by atoms with Gasteiger partial charge >= 0.3 is 0 Å². The predicted molar refractivity (Wildman–Crippen MR) is 62.2 cm³/mol. The minimum atomic E-state index is -0.510. The van der Waals surface area contributed by atoms with Crippen molar-refractivity contribution in [1.82, 2.24) is 0 Å². The van der Waals surface area contributed by atoms with Crippen molar-refractivity contribution in [2.75, 3.05) is 13.7 Å². The van der Waals surface area contributed by atoms with Crippen molar-refractivity contribution in [3.63, 3.8) is 0 Å². The van der Waals surface area contributed by atoms with Crippen LogP contribution in [-0.2, 0) is 9.62 Å². The molecule has 0 saturated carbocycles. The Bertz CT molecular complexity index is 353. The van der Waals surface area contributed by atoms with E-state index in [1.807, 2.05) is 6.92 Å². The fourth-order valence-corrected chi connectivity index (χ4v) is 1.61. The van der Waals surface area contributed by atoms with Crippen molar-refractivity contribution in [2.45, 2.75) is 26.1 Å². The van der Waals surface area contributed by atoms with Crippen molar-refractivity contribution >= 4 is 0 Å². The summed E-state index contributed by atoms with van der Waals surface area (Å²) in [5.74, 6) is 0.418. The smallest absolute Gasteiger partial charge is 0.160 e. The van der Waals surface area contributed by atoms with Crippen molar-refractivity contribution in [3.8, 4) is 11.5 Å². The third kappa shape index (κ3) is 3.33. The highest BCUT2D eigenvalue weighted by atomic mass is 17.1. The second kappa shape index (κ2) is 6.44. The molecule has 0 heterocycles. The Kier molecular flexibility index (Phi) is 5.21. The summed E-state index contributed by atoms with van der Waals surface area (Å²) >= 11 is 0. The van der Waals surface area contributed by atoms with Gasteiger partial charge in [0.15, 0.2) is 11.5 Å². The molecule has 2 atom stereocenters. The van der Waals surface area contributed by atoms with E-state index in [4.69, 9.17) is 14.7 Å². The average molecular weight is 242 g/mol. The highest BCUT2D eigenvalue weighted by molar-refractivity contribution is 5.42. The van der Waals surface area contributed by atoms with Crippen LogP contribution in [0.1, 0.15) is 25.5 Å². The Hall–Kier alpha value is -1.30. The van der Waals surface area contributed by atoms with Gasteiger partial charge in [0.05, 0.1) is 7.11 Å². The molecule has 0 amide bonds. The van der Waals surface area contributed by atoms with Crippen LogP contribution >= 0.6 is 0 Å².